The highest BCUT2D eigenvalue weighted by Gasteiger charge is 2.61. The van der Waals surface area contributed by atoms with Gasteiger partial charge >= 0.3 is 11.9 Å². The van der Waals surface area contributed by atoms with Crippen molar-refractivity contribution < 1.29 is 94.5 Å². The lowest BCUT2D eigenvalue weighted by Gasteiger charge is -2.40. The van der Waals surface area contributed by atoms with Crippen LogP contribution in [0.4, 0.5) is 17.6 Å². The number of Topliss-reactive ketones (excluding diaryl/α,β-unsaturated/α-hetero) is 1. The van der Waals surface area contributed by atoms with Gasteiger partial charge < -0.3 is 43.4 Å². The third-order valence-corrected chi connectivity index (χ3v) is 29.0. The van der Waals surface area contributed by atoms with E-state index in [1.54, 1.807) is 172 Å². The van der Waals surface area contributed by atoms with Crippen LogP contribution in [0.2, 0.25) is 40.2 Å². The summed E-state index contributed by atoms with van der Waals surface area (Å²) in [6.07, 6.45) is 10.6. The van der Waals surface area contributed by atoms with E-state index in [4.69, 9.17) is 126 Å². The summed E-state index contributed by atoms with van der Waals surface area (Å²) in [4.78, 5) is 114. The maximum atomic E-state index is 16.2. The number of hydrogen-bond acceptors (Lipinski definition) is 20. The summed E-state index contributed by atoms with van der Waals surface area (Å²) in [6, 6.07) is 51.0. The van der Waals surface area contributed by atoms with Crippen LogP contribution in [0, 0.1) is 39.5 Å². The Morgan fingerprint density at radius 1 is 0.361 bits per heavy atom. The number of aliphatic hydroxyl groups is 2. The minimum absolute atomic E-state index is 0.00275. The number of amides is 4. The van der Waals surface area contributed by atoms with Gasteiger partial charge in [-0.15, -0.1) is 0 Å². The molecule has 3 aliphatic carbocycles. The lowest BCUT2D eigenvalue weighted by Crippen LogP contribution is -2.48. The molecule has 39 heteroatoms. The zero-order valence-electron chi connectivity index (χ0n) is 76.8. The number of nitrogens with zero attached hydrogens (tertiary/aromatic N) is 8. The molecule has 3 saturated carbocycles. The SMILES string of the molecule is CCOC(=O)COCC1(COC2(c3ccc(Cl)cc3)c3c(F)cc(Br)cc3C(=O)N2Cc2ccc(Cl)cn2)CC1.CCOC(=O)COCC1(CO[C@]2(c3ccc(Cl)cc3)c3c(F)cc(C(C)=O)cc3C(=O)N2Cc2ccc(Cl)cn2)CC1.O=C1c2cc(Br)cc(F)c2C(O)(c2ccc(Cl)cc2)N1Cc1ccc(Cl)cn1.O=C1c2cc(Br)cc(F)c2C(OCC2(CO)CC2)(c2ccc(Cl)cc2)N1Cc1ccc(Cl)cn1. The van der Waals surface area contributed by atoms with E-state index in [9.17, 15) is 48.2 Å². The topological polar surface area (TPSA) is 289 Å². The Labute approximate surface area is 890 Å². The Balaban J connectivity index is 0.000000139. The minimum Gasteiger partial charge on any atom is -0.464 e. The van der Waals surface area contributed by atoms with Crippen LogP contribution < -0.4 is 0 Å². The van der Waals surface area contributed by atoms with Crippen LogP contribution in [0.5, 0.6) is 0 Å². The van der Waals surface area contributed by atoms with Gasteiger partial charge in [0, 0.05) is 102 Å². The van der Waals surface area contributed by atoms with E-state index in [1.807, 2.05) is 0 Å². The Morgan fingerprint density at radius 3 is 0.924 bits per heavy atom. The number of ketones is 1. The molecule has 0 spiro atoms. The number of esters is 2. The largest absolute Gasteiger partial charge is 0.464 e. The zero-order chi connectivity index (χ0) is 103. The molecule has 3 unspecified atom stereocenters. The van der Waals surface area contributed by atoms with Crippen molar-refractivity contribution in [2.75, 3.05) is 66.1 Å². The number of aliphatic hydroxyl groups excluding tert-OH is 1. The maximum Gasteiger partial charge on any atom is 0.332 e. The van der Waals surface area contributed by atoms with E-state index in [-0.39, 0.29) is 148 Å². The van der Waals surface area contributed by atoms with Gasteiger partial charge in [-0.05, 0) is 205 Å². The molecule has 4 amide bonds. The summed E-state index contributed by atoms with van der Waals surface area (Å²) in [5, 5.41) is 25.3. The van der Waals surface area contributed by atoms with Crippen molar-refractivity contribution >= 4 is 182 Å². The standard InChI is InChI=1S/C31H29Cl2FN2O6.C29H26BrCl2FN2O5.C25H20BrCl2FN2O3.C20H12BrCl2FN2O2/c1-3-41-27(38)16-40-17-30(10-11-30)18-42-31(21-4-6-22(32)7-5-21)28-25(12-20(19(2)37)13-26(28)34)29(39)36(31)15-24-9-8-23(33)14-35-24;1-2-39-25(36)15-38-16-28(9-10-28)17-40-29(18-3-5-20(31)6-4-18)26-23(11-19(30)12-24(26)33)27(37)35(29)14-22-8-7-21(32)13-34-22;26-16-9-20-22(21(29)10-16)25(15-1-3-17(27)4-2-15,34-14-24(13-32)7-8-24)31(23(20)33)12-19-6-5-18(28)11-30-19;21-12-7-16-18(17(24)8-12)20(28,11-1-3-13(22)4-2-11)26(19(16)27)10-15-6-5-14(23)9-25-15/h4-9,12-14H,3,10-11,15-18H2,1-2H3;3-8,11-13H,2,9-10,14-17H2,1H3;1-6,9-11,32H,7-8,12-14H2;1-9,28H,10H2/t31-;;;/m1.../s1. The van der Waals surface area contributed by atoms with Crippen LogP contribution in [0.3, 0.4) is 0 Å². The molecule has 144 heavy (non-hydrogen) atoms. The first-order valence-electron chi connectivity index (χ1n) is 45.1. The fraction of sp³-hybridized carbons (Fsp3) is 0.286. The lowest BCUT2D eigenvalue weighted by atomic mass is 9.91. The van der Waals surface area contributed by atoms with Crippen molar-refractivity contribution in [3.63, 3.8) is 0 Å². The van der Waals surface area contributed by atoms with Gasteiger partial charge in [0.2, 0.25) is 0 Å². The summed E-state index contributed by atoms with van der Waals surface area (Å²) >= 11 is 58.3. The van der Waals surface area contributed by atoms with Gasteiger partial charge in [0.05, 0.1) is 166 Å². The van der Waals surface area contributed by atoms with Gasteiger partial charge in [-0.2, -0.15) is 0 Å². The Bertz CT molecular complexity index is 6890. The Morgan fingerprint density at radius 2 is 0.632 bits per heavy atom. The van der Waals surface area contributed by atoms with Gasteiger partial charge in [-0.1, -0.05) is 189 Å². The molecule has 4 aliphatic heterocycles. The number of fused-ring (bicyclic) bond motifs is 4. The van der Waals surface area contributed by atoms with Crippen molar-refractivity contribution in [1.82, 2.24) is 39.5 Å². The number of benzene rings is 8. The molecule has 12 aromatic rings. The van der Waals surface area contributed by atoms with E-state index in [1.165, 1.54) is 81.6 Å². The number of carbonyl (C=O) groups is 7. The molecule has 8 aromatic carbocycles. The molecule has 748 valence electrons. The van der Waals surface area contributed by atoms with Crippen molar-refractivity contribution in [3.05, 3.63) is 391 Å². The molecule has 0 radical (unpaired) electrons. The third kappa shape index (κ3) is 22.6. The molecule has 0 saturated heterocycles. The molecule has 24 nitrogen and oxygen atoms in total. The molecule has 3 fully saturated rings. The fourth-order valence-electron chi connectivity index (χ4n) is 17.7. The fourth-order valence-corrected chi connectivity index (χ4v) is 19.9. The van der Waals surface area contributed by atoms with Gasteiger partial charge in [-0.3, -0.25) is 63.5 Å². The number of carbonyl (C=O) groups excluding carboxylic acids is 7. The van der Waals surface area contributed by atoms with E-state index in [0.29, 0.717) is 98.6 Å². The highest BCUT2D eigenvalue weighted by molar-refractivity contribution is 9.11. The average Bonchev–Trinajstić information content (AvgIpc) is 1.69. The normalized spacial score (nSPS) is 19.1. The average molecular weight is 2320 g/mol. The predicted octanol–water partition coefficient (Wildman–Crippen LogP) is 23.6. The molecule has 8 heterocycles. The van der Waals surface area contributed by atoms with Gasteiger partial charge in [0.15, 0.2) is 28.7 Å². The first kappa shape index (κ1) is 107. The Kier molecular flexibility index (Phi) is 33.1. The molecule has 0 bridgehead atoms. The van der Waals surface area contributed by atoms with E-state index >= 15 is 13.2 Å². The number of pyridine rings is 4. The second kappa shape index (κ2) is 44.6. The van der Waals surface area contributed by atoms with Crippen LogP contribution in [0.25, 0.3) is 0 Å². The predicted molar refractivity (Wildman–Crippen MR) is 541 cm³/mol. The summed E-state index contributed by atoms with van der Waals surface area (Å²) < 4.78 is 105. The molecular formula is C105H87Br3Cl8F4N8O16. The van der Waals surface area contributed by atoms with Crippen molar-refractivity contribution in [1.29, 1.82) is 0 Å². The van der Waals surface area contributed by atoms with Crippen LogP contribution in [-0.4, -0.2) is 157 Å². The van der Waals surface area contributed by atoms with Crippen LogP contribution >= 0.6 is 141 Å². The minimum atomic E-state index is -2.01. The molecule has 4 atom stereocenters. The number of aromatic nitrogens is 4. The molecular weight excluding hydrogens is 2230 g/mol. The summed E-state index contributed by atoms with van der Waals surface area (Å²) in [6.45, 7) is 5.71. The first-order chi connectivity index (χ1) is 68.8. The zero-order valence-corrected chi connectivity index (χ0v) is 87.6. The molecule has 19 rings (SSSR count). The van der Waals surface area contributed by atoms with Crippen molar-refractivity contribution in [2.24, 2.45) is 16.2 Å². The number of halogens is 15. The van der Waals surface area contributed by atoms with E-state index in [0.717, 1.165) is 44.6 Å². The summed E-state index contributed by atoms with van der Waals surface area (Å²) in [5.74, 6) is -5.74. The number of ether oxygens (including phenoxy) is 7. The van der Waals surface area contributed by atoms with Gasteiger partial charge in [0.25, 0.3) is 23.6 Å². The van der Waals surface area contributed by atoms with E-state index < -0.39 is 98.0 Å². The highest BCUT2D eigenvalue weighted by atomic mass is 79.9. The lowest BCUT2D eigenvalue weighted by molar-refractivity contribution is -0.152. The summed E-state index contributed by atoms with van der Waals surface area (Å²) in [7, 11) is 0. The van der Waals surface area contributed by atoms with Gasteiger partial charge in [0.1, 0.15) is 36.5 Å². The third-order valence-electron chi connectivity index (χ3n) is 25.7. The Hall–Kier alpha value is -9.95. The molecule has 4 aromatic heterocycles. The maximum absolute atomic E-state index is 16.2. The second-order valence-corrected chi connectivity index (χ2v) is 41.8. The van der Waals surface area contributed by atoms with Crippen LogP contribution in [0.15, 0.2) is 232 Å². The number of rotatable bonds is 33. The van der Waals surface area contributed by atoms with Gasteiger partial charge in [-0.25, -0.2) is 27.2 Å². The van der Waals surface area contributed by atoms with E-state index in [2.05, 4.69) is 67.7 Å². The summed E-state index contributed by atoms with van der Waals surface area (Å²) in [5.41, 5.74) is -3.53. The quantitative estimate of drug-likeness (QED) is 0.0219. The molecule has 2 N–H and O–H groups in total. The number of hydrogen-bond donors (Lipinski definition) is 2. The van der Waals surface area contributed by atoms with Crippen LogP contribution in [-0.2, 0) is 91.8 Å². The van der Waals surface area contributed by atoms with Crippen molar-refractivity contribution in [2.45, 2.75) is 108 Å². The monoisotopic (exact) mass is 2310 g/mol. The highest BCUT2D eigenvalue weighted by Crippen LogP contribution is 2.58. The second-order valence-electron chi connectivity index (χ2n) is 35.6. The molecule has 7 aliphatic rings. The van der Waals surface area contributed by atoms with Crippen LogP contribution in [0.1, 0.15) is 178 Å². The first-order valence-corrected chi connectivity index (χ1v) is 50.5. The van der Waals surface area contributed by atoms with Crippen molar-refractivity contribution in [3.8, 4) is 0 Å². The smallest absolute Gasteiger partial charge is 0.332 e.